The average molecular weight is 219 g/mol. The number of hydrogen-bond acceptors (Lipinski definition) is 3. The van der Waals surface area contributed by atoms with Gasteiger partial charge in [-0.1, -0.05) is 12.1 Å². The van der Waals surface area contributed by atoms with Crippen molar-refractivity contribution in [1.29, 1.82) is 0 Å². The highest BCUT2D eigenvalue weighted by Crippen LogP contribution is 2.36. The molecule has 0 radical (unpaired) electrons. The number of hydrogen-bond donors (Lipinski definition) is 1. The van der Waals surface area contributed by atoms with E-state index in [9.17, 15) is 0 Å². The molecule has 1 aliphatic carbocycles. The topological polar surface area (TPSA) is 44.5 Å². The second kappa shape index (κ2) is 4.07. The van der Waals surface area contributed by atoms with Crippen LogP contribution in [0.25, 0.3) is 0 Å². The highest BCUT2D eigenvalue weighted by molar-refractivity contribution is 5.45. The van der Waals surface area contributed by atoms with Gasteiger partial charge >= 0.3 is 0 Å². The van der Waals surface area contributed by atoms with E-state index in [0.717, 1.165) is 38.2 Å². The van der Waals surface area contributed by atoms with Crippen LogP contribution in [0.1, 0.15) is 30.0 Å². The first-order valence-corrected chi connectivity index (χ1v) is 5.96. The summed E-state index contributed by atoms with van der Waals surface area (Å²) in [7, 11) is 0. The van der Waals surface area contributed by atoms with Gasteiger partial charge in [-0.05, 0) is 30.0 Å². The number of ether oxygens (including phenoxy) is 2. The van der Waals surface area contributed by atoms with Crippen molar-refractivity contribution in [1.82, 2.24) is 0 Å². The summed E-state index contributed by atoms with van der Waals surface area (Å²) in [5.41, 5.74) is 8.61. The van der Waals surface area contributed by atoms with Gasteiger partial charge in [0.05, 0.1) is 13.2 Å². The monoisotopic (exact) mass is 219 g/mol. The lowest BCUT2D eigenvalue weighted by Crippen LogP contribution is -2.16. The molecule has 1 fully saturated rings. The van der Waals surface area contributed by atoms with Gasteiger partial charge in [0.25, 0.3) is 0 Å². The smallest absolute Gasteiger partial charge is 0.124 e. The van der Waals surface area contributed by atoms with Crippen LogP contribution in [-0.2, 0) is 11.2 Å². The molecule has 86 valence electrons. The van der Waals surface area contributed by atoms with Crippen LogP contribution >= 0.6 is 0 Å². The fourth-order valence-electron chi connectivity index (χ4n) is 2.55. The van der Waals surface area contributed by atoms with Crippen molar-refractivity contribution in [3.8, 4) is 5.75 Å². The molecule has 3 rings (SSSR count). The first-order valence-electron chi connectivity index (χ1n) is 5.96. The molecular weight excluding hydrogens is 202 g/mol. The molecule has 3 nitrogen and oxygen atoms in total. The van der Waals surface area contributed by atoms with Crippen LogP contribution < -0.4 is 10.5 Å². The van der Waals surface area contributed by atoms with Gasteiger partial charge in [-0.15, -0.1) is 0 Å². The molecule has 0 amide bonds. The van der Waals surface area contributed by atoms with Gasteiger partial charge in [0.2, 0.25) is 0 Å². The first-order chi connectivity index (χ1) is 7.84. The minimum atomic E-state index is 0.193. The summed E-state index contributed by atoms with van der Waals surface area (Å²) in [5.74, 6) is 1.01. The summed E-state index contributed by atoms with van der Waals surface area (Å²) >= 11 is 0. The molecule has 1 aromatic rings. The highest BCUT2D eigenvalue weighted by Gasteiger charge is 2.24. The zero-order valence-corrected chi connectivity index (χ0v) is 9.32. The summed E-state index contributed by atoms with van der Waals surface area (Å²) in [6, 6.07) is 6.40. The Morgan fingerprint density at radius 1 is 1.31 bits per heavy atom. The van der Waals surface area contributed by atoms with E-state index >= 15 is 0 Å². The van der Waals surface area contributed by atoms with Crippen LogP contribution in [0, 0.1) is 0 Å². The Balaban J connectivity index is 1.84. The Bertz CT molecular complexity index is 386. The Labute approximate surface area is 95.5 Å². The third kappa shape index (κ3) is 1.70. The van der Waals surface area contributed by atoms with E-state index in [1.54, 1.807) is 0 Å². The third-order valence-corrected chi connectivity index (χ3v) is 3.46. The lowest BCUT2D eigenvalue weighted by Gasteiger charge is -2.15. The highest BCUT2D eigenvalue weighted by atomic mass is 16.5. The number of benzene rings is 1. The molecule has 16 heavy (non-hydrogen) atoms. The van der Waals surface area contributed by atoms with Crippen LogP contribution in [0.4, 0.5) is 0 Å². The fourth-order valence-corrected chi connectivity index (χ4v) is 2.55. The lowest BCUT2D eigenvalue weighted by molar-refractivity contribution is 0.140. The Kier molecular flexibility index (Phi) is 2.58. The maximum absolute atomic E-state index is 6.04. The van der Waals surface area contributed by atoms with Crippen molar-refractivity contribution in [3.63, 3.8) is 0 Å². The predicted octanol–water partition coefficient (Wildman–Crippen LogP) is 1.80. The van der Waals surface area contributed by atoms with Crippen molar-refractivity contribution >= 4 is 0 Å². The van der Waals surface area contributed by atoms with Crippen LogP contribution in [0.3, 0.4) is 0 Å². The van der Waals surface area contributed by atoms with E-state index in [2.05, 4.69) is 12.1 Å². The molecule has 0 bridgehead atoms. The molecule has 1 aromatic carbocycles. The van der Waals surface area contributed by atoms with Gasteiger partial charge in [-0.3, -0.25) is 0 Å². The molecule has 2 atom stereocenters. The summed E-state index contributed by atoms with van der Waals surface area (Å²) in [5, 5.41) is 0. The lowest BCUT2D eigenvalue weighted by atomic mass is 10.1. The quantitative estimate of drug-likeness (QED) is 0.825. The van der Waals surface area contributed by atoms with Crippen molar-refractivity contribution in [2.45, 2.75) is 31.4 Å². The van der Waals surface area contributed by atoms with E-state index in [4.69, 9.17) is 15.2 Å². The van der Waals surface area contributed by atoms with Gasteiger partial charge in [0.1, 0.15) is 11.9 Å². The van der Waals surface area contributed by atoms with Crippen LogP contribution in [-0.4, -0.2) is 19.3 Å². The largest absolute Gasteiger partial charge is 0.488 e. The third-order valence-electron chi connectivity index (χ3n) is 3.46. The maximum Gasteiger partial charge on any atom is 0.124 e. The Morgan fingerprint density at radius 2 is 2.25 bits per heavy atom. The predicted molar refractivity (Wildman–Crippen MR) is 61.5 cm³/mol. The molecular formula is C13H17NO2. The Hall–Kier alpha value is -1.06. The minimum Gasteiger partial charge on any atom is -0.488 e. The SMILES string of the molecule is NC1CCc2c(OC3CCOC3)cccc21. The zero-order chi connectivity index (χ0) is 11.0. The average Bonchev–Trinajstić information content (AvgIpc) is 2.90. The van der Waals surface area contributed by atoms with Crippen LogP contribution in [0.2, 0.25) is 0 Å². The molecule has 1 saturated heterocycles. The van der Waals surface area contributed by atoms with E-state index in [1.807, 2.05) is 6.07 Å². The van der Waals surface area contributed by atoms with Crippen molar-refractivity contribution in [2.75, 3.05) is 13.2 Å². The van der Waals surface area contributed by atoms with Gasteiger partial charge in [0.15, 0.2) is 0 Å². The molecule has 0 saturated carbocycles. The molecule has 0 aromatic heterocycles. The molecule has 2 unspecified atom stereocenters. The maximum atomic E-state index is 6.04. The molecule has 0 spiro atoms. The minimum absolute atomic E-state index is 0.193. The second-order valence-electron chi connectivity index (χ2n) is 4.57. The molecule has 2 aliphatic rings. The number of nitrogens with two attached hydrogens (primary N) is 1. The number of rotatable bonds is 2. The van der Waals surface area contributed by atoms with E-state index in [1.165, 1.54) is 11.1 Å². The van der Waals surface area contributed by atoms with Crippen LogP contribution in [0.5, 0.6) is 5.75 Å². The van der Waals surface area contributed by atoms with Gasteiger partial charge in [-0.25, -0.2) is 0 Å². The molecule has 1 heterocycles. The fraction of sp³-hybridized carbons (Fsp3) is 0.538. The normalized spacial score (nSPS) is 28.1. The molecule has 3 heteroatoms. The summed E-state index contributed by atoms with van der Waals surface area (Å²) in [6.07, 6.45) is 3.30. The van der Waals surface area contributed by atoms with Crippen LogP contribution in [0.15, 0.2) is 18.2 Å². The molecule has 2 N–H and O–H groups in total. The van der Waals surface area contributed by atoms with E-state index < -0.39 is 0 Å². The van der Waals surface area contributed by atoms with Gasteiger partial charge in [0, 0.05) is 12.5 Å². The second-order valence-corrected chi connectivity index (χ2v) is 4.57. The summed E-state index contributed by atoms with van der Waals surface area (Å²) < 4.78 is 11.3. The van der Waals surface area contributed by atoms with E-state index in [-0.39, 0.29) is 12.1 Å². The zero-order valence-electron chi connectivity index (χ0n) is 9.32. The molecule has 1 aliphatic heterocycles. The standard InChI is InChI=1S/C13H17NO2/c14-12-5-4-11-10(12)2-1-3-13(11)16-9-6-7-15-8-9/h1-3,9,12H,4-8,14H2. The van der Waals surface area contributed by atoms with Crippen molar-refractivity contribution in [3.05, 3.63) is 29.3 Å². The van der Waals surface area contributed by atoms with Gasteiger partial charge in [-0.2, -0.15) is 0 Å². The van der Waals surface area contributed by atoms with E-state index in [0.29, 0.717) is 0 Å². The van der Waals surface area contributed by atoms with Gasteiger partial charge < -0.3 is 15.2 Å². The van der Waals surface area contributed by atoms with Crippen molar-refractivity contribution in [2.24, 2.45) is 5.73 Å². The summed E-state index contributed by atoms with van der Waals surface area (Å²) in [4.78, 5) is 0. The first kappa shape index (κ1) is 10.1. The van der Waals surface area contributed by atoms with Crippen molar-refractivity contribution < 1.29 is 9.47 Å². The number of fused-ring (bicyclic) bond motifs is 1. The summed E-state index contributed by atoms with van der Waals surface area (Å²) in [6.45, 7) is 1.54. The Morgan fingerprint density at radius 3 is 3.06 bits per heavy atom.